The fourth-order valence-corrected chi connectivity index (χ4v) is 2.40. The average Bonchev–Trinajstić information content (AvgIpc) is 2.53. The van der Waals surface area contributed by atoms with Crippen molar-refractivity contribution in [2.24, 2.45) is 0 Å². The molecule has 3 aromatic rings. The molecule has 21 heavy (non-hydrogen) atoms. The van der Waals surface area contributed by atoms with Crippen LogP contribution < -0.4 is 0 Å². The van der Waals surface area contributed by atoms with E-state index in [0.717, 1.165) is 16.3 Å². The Kier molecular flexibility index (Phi) is 3.73. The van der Waals surface area contributed by atoms with E-state index < -0.39 is 5.24 Å². The van der Waals surface area contributed by atoms with Crippen molar-refractivity contribution in [1.29, 1.82) is 0 Å². The Morgan fingerprint density at radius 2 is 1.38 bits per heavy atom. The van der Waals surface area contributed by atoms with Crippen LogP contribution >= 0.6 is 11.6 Å². The largest absolute Gasteiger partial charge is 0.276 e. The van der Waals surface area contributed by atoms with Crippen LogP contribution in [0.1, 0.15) is 21.5 Å². The van der Waals surface area contributed by atoms with Gasteiger partial charge in [0.25, 0.3) is 5.24 Å². The Balaban J connectivity index is 2.11. The van der Waals surface area contributed by atoms with Crippen LogP contribution in [0.2, 0.25) is 0 Å². The molecule has 2 heteroatoms. The SMILES string of the molecule is O=C(Cl)c1ccccc1C#Cc1cccc2ccccc12. The zero-order valence-corrected chi connectivity index (χ0v) is 11.9. The van der Waals surface area contributed by atoms with Crippen LogP contribution in [0.3, 0.4) is 0 Å². The Bertz CT molecular complexity index is 879. The Morgan fingerprint density at radius 3 is 2.24 bits per heavy atom. The van der Waals surface area contributed by atoms with Crippen molar-refractivity contribution in [2.75, 3.05) is 0 Å². The van der Waals surface area contributed by atoms with E-state index in [2.05, 4.69) is 24.0 Å². The van der Waals surface area contributed by atoms with Crippen LogP contribution in [0.25, 0.3) is 10.8 Å². The van der Waals surface area contributed by atoms with Gasteiger partial charge < -0.3 is 0 Å². The van der Waals surface area contributed by atoms with Gasteiger partial charge in [0.1, 0.15) is 0 Å². The van der Waals surface area contributed by atoms with Crippen molar-refractivity contribution in [1.82, 2.24) is 0 Å². The predicted octanol–water partition coefficient (Wildman–Crippen LogP) is 4.62. The summed E-state index contributed by atoms with van der Waals surface area (Å²) in [5.74, 6) is 6.19. The summed E-state index contributed by atoms with van der Waals surface area (Å²) in [5, 5.41) is 1.76. The first-order valence-corrected chi connectivity index (χ1v) is 6.92. The number of halogens is 1. The van der Waals surface area contributed by atoms with Crippen molar-refractivity contribution in [3.63, 3.8) is 0 Å². The third kappa shape index (κ3) is 2.81. The Morgan fingerprint density at radius 1 is 0.762 bits per heavy atom. The number of carbonyl (C=O) groups is 1. The lowest BCUT2D eigenvalue weighted by molar-refractivity contribution is 0.108. The highest BCUT2D eigenvalue weighted by molar-refractivity contribution is 6.68. The quantitative estimate of drug-likeness (QED) is 0.472. The molecule has 0 spiro atoms. The number of fused-ring (bicyclic) bond motifs is 1. The lowest BCUT2D eigenvalue weighted by Crippen LogP contribution is -1.93. The molecule has 0 saturated carbocycles. The average molecular weight is 291 g/mol. The fourth-order valence-electron chi connectivity index (χ4n) is 2.23. The van der Waals surface area contributed by atoms with Crippen LogP contribution in [-0.2, 0) is 0 Å². The zero-order valence-electron chi connectivity index (χ0n) is 11.1. The van der Waals surface area contributed by atoms with Gasteiger partial charge in [-0.2, -0.15) is 0 Å². The van der Waals surface area contributed by atoms with Gasteiger partial charge in [-0.05, 0) is 40.6 Å². The zero-order chi connectivity index (χ0) is 14.7. The van der Waals surface area contributed by atoms with Gasteiger partial charge in [-0.25, -0.2) is 0 Å². The van der Waals surface area contributed by atoms with Gasteiger partial charge >= 0.3 is 0 Å². The van der Waals surface area contributed by atoms with E-state index >= 15 is 0 Å². The van der Waals surface area contributed by atoms with E-state index in [1.54, 1.807) is 18.2 Å². The summed E-state index contributed by atoms with van der Waals surface area (Å²) in [7, 11) is 0. The van der Waals surface area contributed by atoms with Crippen molar-refractivity contribution in [3.8, 4) is 11.8 Å². The first-order valence-electron chi connectivity index (χ1n) is 6.54. The predicted molar refractivity (Wildman–Crippen MR) is 86.6 cm³/mol. The number of hydrogen-bond donors (Lipinski definition) is 0. The maximum atomic E-state index is 11.4. The van der Waals surface area contributed by atoms with Crippen LogP contribution in [0, 0.1) is 11.8 Å². The molecule has 3 aromatic carbocycles. The summed E-state index contributed by atoms with van der Waals surface area (Å²) in [4.78, 5) is 11.4. The van der Waals surface area contributed by atoms with Crippen LogP contribution in [-0.4, -0.2) is 5.24 Å². The monoisotopic (exact) mass is 290 g/mol. The molecule has 0 aliphatic rings. The first-order chi connectivity index (χ1) is 10.3. The summed E-state index contributed by atoms with van der Waals surface area (Å²) < 4.78 is 0. The van der Waals surface area contributed by atoms with Crippen molar-refractivity contribution >= 4 is 27.6 Å². The normalized spacial score (nSPS) is 9.95. The third-order valence-corrected chi connectivity index (χ3v) is 3.46. The second-order valence-electron chi connectivity index (χ2n) is 4.60. The highest BCUT2D eigenvalue weighted by Gasteiger charge is 2.05. The van der Waals surface area contributed by atoms with Gasteiger partial charge in [-0.3, -0.25) is 4.79 Å². The molecule has 0 N–H and O–H groups in total. The first kappa shape index (κ1) is 13.4. The number of hydrogen-bond acceptors (Lipinski definition) is 1. The number of benzene rings is 3. The van der Waals surface area contributed by atoms with E-state index in [4.69, 9.17) is 11.6 Å². The van der Waals surface area contributed by atoms with Crippen molar-refractivity contribution < 1.29 is 4.79 Å². The minimum atomic E-state index is -0.488. The van der Waals surface area contributed by atoms with Crippen LogP contribution in [0.5, 0.6) is 0 Å². The topological polar surface area (TPSA) is 17.1 Å². The number of carbonyl (C=O) groups excluding carboxylic acids is 1. The third-order valence-electron chi connectivity index (χ3n) is 3.26. The molecule has 100 valence electrons. The van der Waals surface area contributed by atoms with E-state index in [-0.39, 0.29) is 0 Å². The van der Waals surface area contributed by atoms with E-state index in [1.807, 2.05) is 36.4 Å². The molecule has 0 aliphatic heterocycles. The van der Waals surface area contributed by atoms with Crippen molar-refractivity contribution in [2.45, 2.75) is 0 Å². The molecule has 0 amide bonds. The highest BCUT2D eigenvalue weighted by Crippen LogP contribution is 2.18. The van der Waals surface area contributed by atoms with Crippen LogP contribution in [0.15, 0.2) is 66.7 Å². The maximum Gasteiger partial charge on any atom is 0.253 e. The highest BCUT2D eigenvalue weighted by atomic mass is 35.5. The lowest BCUT2D eigenvalue weighted by atomic mass is 10.0. The van der Waals surface area contributed by atoms with Gasteiger partial charge in [0.05, 0.1) is 0 Å². The van der Waals surface area contributed by atoms with Gasteiger partial charge in [-0.15, -0.1) is 0 Å². The van der Waals surface area contributed by atoms with Crippen LogP contribution in [0.4, 0.5) is 0 Å². The van der Waals surface area contributed by atoms with Gasteiger partial charge in [-0.1, -0.05) is 60.4 Å². The molecule has 0 fully saturated rings. The molecule has 1 nitrogen and oxygen atoms in total. The van der Waals surface area contributed by atoms with E-state index in [9.17, 15) is 4.79 Å². The van der Waals surface area contributed by atoms with Gasteiger partial charge in [0.15, 0.2) is 0 Å². The second-order valence-corrected chi connectivity index (χ2v) is 4.94. The molecule has 0 aliphatic carbocycles. The number of rotatable bonds is 1. The van der Waals surface area contributed by atoms with E-state index in [0.29, 0.717) is 11.1 Å². The molecular formula is C19H11ClO. The summed E-state index contributed by atoms with van der Waals surface area (Å²) in [6.45, 7) is 0. The maximum absolute atomic E-state index is 11.4. The molecular weight excluding hydrogens is 280 g/mol. The minimum absolute atomic E-state index is 0.437. The summed E-state index contributed by atoms with van der Waals surface area (Å²) >= 11 is 5.58. The summed E-state index contributed by atoms with van der Waals surface area (Å²) in [6.07, 6.45) is 0. The van der Waals surface area contributed by atoms with Crippen molar-refractivity contribution in [3.05, 3.63) is 83.4 Å². The smallest absolute Gasteiger partial charge is 0.253 e. The molecule has 0 unspecified atom stereocenters. The fraction of sp³-hybridized carbons (Fsp3) is 0. The van der Waals surface area contributed by atoms with Gasteiger partial charge in [0, 0.05) is 16.7 Å². The molecule has 0 atom stereocenters. The molecule has 0 saturated heterocycles. The summed E-state index contributed by atoms with van der Waals surface area (Å²) in [6, 6.07) is 21.2. The summed E-state index contributed by atoms with van der Waals surface area (Å²) in [5.41, 5.74) is 2.02. The molecule has 3 rings (SSSR count). The van der Waals surface area contributed by atoms with Gasteiger partial charge in [0.2, 0.25) is 0 Å². The Hall–Kier alpha value is -2.56. The molecule has 0 radical (unpaired) electrons. The van der Waals surface area contributed by atoms with E-state index in [1.165, 1.54) is 0 Å². The standard InChI is InChI=1S/C19H11ClO/c20-19(21)18-11-4-2-7-16(18)13-12-15-9-5-8-14-6-1-3-10-17(14)15/h1-11H. The Labute approximate surface area is 128 Å². The lowest BCUT2D eigenvalue weighted by Gasteiger charge is -2.00. The molecule has 0 bridgehead atoms. The minimum Gasteiger partial charge on any atom is -0.276 e. The molecule has 0 aromatic heterocycles. The molecule has 0 heterocycles. The second kappa shape index (κ2) is 5.83.